The number of non-ortho nitro benzene ring substituents is 1. The van der Waals surface area contributed by atoms with Gasteiger partial charge in [0.05, 0.1) is 16.9 Å². The Morgan fingerprint density at radius 3 is 2.70 bits per heavy atom. The molecule has 1 N–H and O–H groups in total. The summed E-state index contributed by atoms with van der Waals surface area (Å²) >= 11 is 0.654. The summed E-state index contributed by atoms with van der Waals surface area (Å²) < 4.78 is 5.17. The third kappa shape index (κ3) is 4.66. The van der Waals surface area contributed by atoms with Gasteiger partial charge in [0.15, 0.2) is 0 Å². The van der Waals surface area contributed by atoms with E-state index in [4.69, 9.17) is 4.74 Å². The van der Waals surface area contributed by atoms with Crippen LogP contribution in [0.5, 0.6) is 5.75 Å². The minimum atomic E-state index is -0.655. The maximum Gasteiger partial charge on any atom is 0.294 e. The van der Waals surface area contributed by atoms with Crippen LogP contribution in [0.2, 0.25) is 0 Å². The standard InChI is InChI=1S/C20H17N3O6S/c1-12-4-3-5-14(8-12)21-18(24)11-22-19(25)17(30-20(22)26)10-13-9-15(23(27)28)6-7-16(13)29-2/h3-10H,11H2,1-2H3,(H,21,24)/b17-10+. The number of anilines is 1. The number of imide groups is 1. The number of benzene rings is 2. The van der Waals surface area contributed by atoms with Crippen molar-refractivity contribution < 1.29 is 24.0 Å². The number of thioether (sulfide) groups is 1. The number of methoxy groups -OCH3 is 1. The quantitative estimate of drug-likeness (QED) is 0.425. The monoisotopic (exact) mass is 427 g/mol. The summed E-state index contributed by atoms with van der Waals surface area (Å²) in [6, 6.07) is 11.0. The van der Waals surface area contributed by atoms with Gasteiger partial charge in [0.1, 0.15) is 12.3 Å². The maximum atomic E-state index is 12.6. The molecule has 3 amide bonds. The first-order chi connectivity index (χ1) is 14.3. The molecular weight excluding hydrogens is 410 g/mol. The number of ether oxygens (including phenoxy) is 1. The third-order valence-electron chi connectivity index (χ3n) is 4.19. The van der Waals surface area contributed by atoms with E-state index in [2.05, 4.69) is 5.32 Å². The van der Waals surface area contributed by atoms with Gasteiger partial charge in [0.25, 0.3) is 16.8 Å². The number of hydrogen-bond acceptors (Lipinski definition) is 7. The van der Waals surface area contributed by atoms with E-state index in [-0.39, 0.29) is 16.2 Å². The van der Waals surface area contributed by atoms with E-state index in [1.165, 1.54) is 31.4 Å². The first kappa shape index (κ1) is 21.1. The van der Waals surface area contributed by atoms with Gasteiger partial charge in [-0.25, -0.2) is 0 Å². The second kappa shape index (κ2) is 8.78. The number of nitro groups is 1. The number of nitrogens with zero attached hydrogens (tertiary/aromatic N) is 2. The average molecular weight is 427 g/mol. The van der Waals surface area contributed by atoms with Gasteiger partial charge in [-0.3, -0.25) is 29.4 Å². The van der Waals surface area contributed by atoms with Gasteiger partial charge in [0, 0.05) is 23.4 Å². The highest BCUT2D eigenvalue weighted by Crippen LogP contribution is 2.35. The van der Waals surface area contributed by atoms with Crippen LogP contribution in [0.1, 0.15) is 11.1 Å². The Hall–Kier alpha value is -3.66. The molecule has 154 valence electrons. The molecule has 1 saturated heterocycles. The van der Waals surface area contributed by atoms with E-state index in [9.17, 15) is 24.5 Å². The molecule has 0 aliphatic carbocycles. The number of aryl methyl sites for hydroxylation is 1. The van der Waals surface area contributed by atoms with Crippen LogP contribution in [0, 0.1) is 17.0 Å². The molecule has 0 bridgehead atoms. The fourth-order valence-electron chi connectivity index (χ4n) is 2.79. The van der Waals surface area contributed by atoms with Crippen molar-refractivity contribution >= 4 is 46.3 Å². The van der Waals surface area contributed by atoms with Gasteiger partial charge in [-0.05, 0) is 48.5 Å². The summed E-state index contributed by atoms with van der Waals surface area (Å²) in [4.78, 5) is 48.5. The summed E-state index contributed by atoms with van der Waals surface area (Å²) in [7, 11) is 1.39. The number of rotatable bonds is 6. The fourth-order valence-corrected chi connectivity index (χ4v) is 3.62. The van der Waals surface area contributed by atoms with Crippen molar-refractivity contribution in [2.75, 3.05) is 19.0 Å². The lowest BCUT2D eigenvalue weighted by atomic mass is 10.1. The second-order valence-corrected chi connectivity index (χ2v) is 7.36. The third-order valence-corrected chi connectivity index (χ3v) is 5.10. The number of amides is 3. The first-order valence-electron chi connectivity index (χ1n) is 8.73. The van der Waals surface area contributed by atoms with E-state index in [1.54, 1.807) is 18.2 Å². The first-order valence-corrected chi connectivity index (χ1v) is 9.54. The summed E-state index contributed by atoms with van der Waals surface area (Å²) in [6.45, 7) is 1.43. The molecule has 0 radical (unpaired) electrons. The summed E-state index contributed by atoms with van der Waals surface area (Å²) in [5, 5.41) is 13.1. The highest BCUT2D eigenvalue weighted by Gasteiger charge is 2.36. The molecule has 2 aromatic rings. The topological polar surface area (TPSA) is 119 Å². The SMILES string of the molecule is COc1ccc([N+](=O)[O-])cc1/C=C1/SC(=O)N(CC(=O)Nc2cccc(C)c2)C1=O. The predicted molar refractivity (Wildman–Crippen MR) is 112 cm³/mol. The van der Waals surface area contributed by atoms with Crippen LogP contribution < -0.4 is 10.1 Å². The molecule has 0 spiro atoms. The van der Waals surface area contributed by atoms with Crippen molar-refractivity contribution in [3.63, 3.8) is 0 Å². The Balaban J connectivity index is 1.78. The van der Waals surface area contributed by atoms with Gasteiger partial charge in [-0.1, -0.05) is 12.1 Å². The zero-order valence-corrected chi connectivity index (χ0v) is 16.9. The highest BCUT2D eigenvalue weighted by molar-refractivity contribution is 8.18. The molecule has 0 atom stereocenters. The smallest absolute Gasteiger partial charge is 0.294 e. The molecule has 1 aliphatic rings. The number of carbonyl (C=O) groups excluding carboxylic acids is 3. The molecule has 1 fully saturated rings. The van der Waals surface area contributed by atoms with Gasteiger partial charge in [-0.15, -0.1) is 0 Å². The molecule has 30 heavy (non-hydrogen) atoms. The van der Waals surface area contributed by atoms with E-state index >= 15 is 0 Å². The van der Waals surface area contributed by atoms with Crippen LogP contribution >= 0.6 is 11.8 Å². The zero-order chi connectivity index (χ0) is 21.8. The molecule has 3 rings (SSSR count). The van der Waals surface area contributed by atoms with Crippen LogP contribution in [0.25, 0.3) is 6.08 Å². The Bertz CT molecular complexity index is 1080. The fraction of sp³-hybridized carbons (Fsp3) is 0.150. The number of nitrogens with one attached hydrogen (secondary N) is 1. The molecule has 0 saturated carbocycles. The maximum absolute atomic E-state index is 12.6. The van der Waals surface area contributed by atoms with Crippen molar-refractivity contribution in [1.82, 2.24) is 4.90 Å². The van der Waals surface area contributed by atoms with Crippen molar-refractivity contribution in [2.45, 2.75) is 6.92 Å². The number of nitro benzene ring substituents is 1. The molecule has 10 heteroatoms. The van der Waals surface area contributed by atoms with E-state index < -0.39 is 28.5 Å². The van der Waals surface area contributed by atoms with Crippen LogP contribution in [-0.4, -0.2) is 40.5 Å². The van der Waals surface area contributed by atoms with E-state index in [0.29, 0.717) is 23.2 Å². The highest BCUT2D eigenvalue weighted by atomic mass is 32.2. The van der Waals surface area contributed by atoms with Gasteiger partial charge in [0.2, 0.25) is 5.91 Å². The van der Waals surface area contributed by atoms with Gasteiger partial charge in [-0.2, -0.15) is 0 Å². The largest absolute Gasteiger partial charge is 0.496 e. The molecular formula is C20H17N3O6S. The van der Waals surface area contributed by atoms with Crippen molar-refractivity contribution in [2.24, 2.45) is 0 Å². The lowest BCUT2D eigenvalue weighted by Crippen LogP contribution is -2.36. The second-order valence-electron chi connectivity index (χ2n) is 6.37. The van der Waals surface area contributed by atoms with E-state index in [0.717, 1.165) is 10.5 Å². The van der Waals surface area contributed by atoms with Gasteiger partial charge < -0.3 is 10.1 Å². The summed E-state index contributed by atoms with van der Waals surface area (Å²) in [6.07, 6.45) is 1.34. The summed E-state index contributed by atoms with van der Waals surface area (Å²) in [5.74, 6) is -0.861. The molecule has 1 aliphatic heterocycles. The van der Waals surface area contributed by atoms with Crippen molar-refractivity contribution in [3.05, 3.63) is 68.6 Å². The Labute approximate surface area is 175 Å². The lowest BCUT2D eigenvalue weighted by Gasteiger charge is -2.12. The minimum absolute atomic E-state index is 0.0437. The van der Waals surface area contributed by atoms with Crippen molar-refractivity contribution in [3.8, 4) is 5.75 Å². The van der Waals surface area contributed by atoms with Crippen LogP contribution in [-0.2, 0) is 9.59 Å². The number of hydrogen-bond donors (Lipinski definition) is 1. The molecule has 9 nitrogen and oxygen atoms in total. The molecule has 2 aromatic carbocycles. The summed E-state index contributed by atoms with van der Waals surface area (Å²) in [5.41, 5.74) is 1.61. The molecule has 0 aromatic heterocycles. The average Bonchev–Trinajstić information content (AvgIpc) is 2.95. The van der Waals surface area contributed by atoms with Crippen LogP contribution in [0.15, 0.2) is 47.4 Å². The van der Waals surface area contributed by atoms with Gasteiger partial charge >= 0.3 is 0 Å². The minimum Gasteiger partial charge on any atom is -0.496 e. The van der Waals surface area contributed by atoms with Crippen LogP contribution in [0.3, 0.4) is 0 Å². The number of carbonyl (C=O) groups is 3. The van der Waals surface area contributed by atoms with Crippen molar-refractivity contribution in [1.29, 1.82) is 0 Å². The van der Waals surface area contributed by atoms with E-state index in [1.807, 2.05) is 13.0 Å². The molecule has 1 heterocycles. The lowest BCUT2D eigenvalue weighted by molar-refractivity contribution is -0.384. The zero-order valence-electron chi connectivity index (χ0n) is 16.1. The Morgan fingerprint density at radius 1 is 1.27 bits per heavy atom. The van der Waals surface area contributed by atoms with Crippen LogP contribution in [0.4, 0.5) is 16.2 Å². The Morgan fingerprint density at radius 2 is 2.03 bits per heavy atom. The normalized spacial score (nSPS) is 14.9. The predicted octanol–water partition coefficient (Wildman–Crippen LogP) is 3.59. The Kier molecular flexibility index (Phi) is 6.17. The molecule has 0 unspecified atom stereocenters.